The van der Waals surface area contributed by atoms with Gasteiger partial charge in [0.05, 0.1) is 6.61 Å². The molecule has 0 aromatic heterocycles. The lowest BCUT2D eigenvalue weighted by atomic mass is 10.0. The third kappa shape index (κ3) is 5.84. The van der Waals surface area contributed by atoms with Gasteiger partial charge in [0.2, 0.25) is 0 Å². The maximum absolute atomic E-state index is 12.3. The van der Waals surface area contributed by atoms with Crippen molar-refractivity contribution in [1.82, 2.24) is 0 Å². The van der Waals surface area contributed by atoms with Gasteiger partial charge in [0.1, 0.15) is 24.2 Å². The van der Waals surface area contributed by atoms with Gasteiger partial charge in [0.25, 0.3) is 0 Å². The van der Waals surface area contributed by atoms with E-state index >= 15 is 0 Å². The average Bonchev–Trinajstić information content (AvgIpc) is 3.09. The Balaban J connectivity index is 2.27. The minimum Gasteiger partial charge on any atom is -0.478 e. The van der Waals surface area contributed by atoms with Crippen LogP contribution in [0.3, 0.4) is 0 Å². The van der Waals surface area contributed by atoms with Gasteiger partial charge in [-0.05, 0) is 31.5 Å². The zero-order valence-corrected chi connectivity index (χ0v) is 17.1. The van der Waals surface area contributed by atoms with E-state index in [1.807, 2.05) is 13.8 Å². The first kappa shape index (κ1) is 21.5. The highest BCUT2D eigenvalue weighted by Gasteiger charge is 2.31. The summed E-state index contributed by atoms with van der Waals surface area (Å²) >= 11 is 6.20. The molecule has 7 heteroatoms. The van der Waals surface area contributed by atoms with E-state index in [9.17, 15) is 4.79 Å². The van der Waals surface area contributed by atoms with E-state index in [1.54, 1.807) is 25.1 Å². The summed E-state index contributed by atoms with van der Waals surface area (Å²) in [6.45, 7) is 8.95. The highest BCUT2D eigenvalue weighted by Crippen LogP contribution is 2.29. The van der Waals surface area contributed by atoms with Crippen LogP contribution in [0.5, 0.6) is 5.75 Å². The summed E-state index contributed by atoms with van der Waals surface area (Å²) in [4.78, 5) is 17.5. The van der Waals surface area contributed by atoms with Crippen LogP contribution in [0.25, 0.3) is 0 Å². The first-order valence-corrected chi connectivity index (χ1v) is 9.80. The lowest BCUT2D eigenvalue weighted by Gasteiger charge is -2.23. The van der Waals surface area contributed by atoms with Crippen LogP contribution in [0, 0.1) is 5.92 Å². The first-order chi connectivity index (χ1) is 13.0. The molecule has 1 heterocycles. The van der Waals surface area contributed by atoms with Gasteiger partial charge in [-0.25, -0.2) is 4.79 Å². The number of halogens is 1. The molecule has 1 aliphatic rings. The molecular weight excluding hydrogens is 370 g/mol. The molecule has 150 valence electrons. The quantitative estimate of drug-likeness (QED) is 0.436. The van der Waals surface area contributed by atoms with Gasteiger partial charge in [-0.1, -0.05) is 43.9 Å². The number of rotatable bonds is 10. The molecule has 0 spiro atoms. The molecule has 0 aliphatic carbocycles. The number of carbonyl (C=O) groups excluding carboxylic acids is 1. The molecule has 0 radical (unpaired) electrons. The summed E-state index contributed by atoms with van der Waals surface area (Å²) in [5.74, 6) is 0.0409. The Morgan fingerprint density at radius 3 is 2.81 bits per heavy atom. The standard InChI is InChI=1S/C20H28ClNO5/c1-5-7-10-25-17-12-26-22-18(17)15-11-14(21)8-9-16(15)27-19(13(3)4)20(23)24-6-2/h8-9,11,13,17,19H,5-7,10,12H2,1-4H3/t17?,19-/m0/s1. The third-order valence-electron chi connectivity index (χ3n) is 4.11. The molecule has 6 nitrogen and oxygen atoms in total. The van der Waals surface area contributed by atoms with E-state index in [4.69, 9.17) is 30.6 Å². The molecule has 2 atom stereocenters. The molecule has 0 N–H and O–H groups in total. The van der Waals surface area contributed by atoms with Gasteiger partial charge < -0.3 is 19.0 Å². The van der Waals surface area contributed by atoms with E-state index in [-0.39, 0.29) is 12.0 Å². The fourth-order valence-electron chi connectivity index (χ4n) is 2.65. The normalized spacial score (nSPS) is 17.4. The molecular formula is C20H28ClNO5. The lowest BCUT2D eigenvalue weighted by Crippen LogP contribution is -2.35. The zero-order chi connectivity index (χ0) is 19.8. The molecule has 0 amide bonds. The number of carbonyl (C=O) groups is 1. The molecule has 1 aromatic rings. The zero-order valence-electron chi connectivity index (χ0n) is 16.4. The second-order valence-corrected chi connectivity index (χ2v) is 7.10. The van der Waals surface area contributed by atoms with Crippen LogP contribution in [0.2, 0.25) is 5.02 Å². The lowest BCUT2D eigenvalue weighted by molar-refractivity contribution is -0.153. The van der Waals surface area contributed by atoms with Crippen molar-refractivity contribution >= 4 is 23.3 Å². The Kier molecular flexibility index (Phi) is 8.38. The highest BCUT2D eigenvalue weighted by molar-refractivity contribution is 6.31. The minimum atomic E-state index is -0.729. The summed E-state index contributed by atoms with van der Waals surface area (Å²) < 4.78 is 17.1. The van der Waals surface area contributed by atoms with Crippen molar-refractivity contribution in [3.63, 3.8) is 0 Å². The van der Waals surface area contributed by atoms with Crippen LogP contribution in [0.15, 0.2) is 23.4 Å². The summed E-state index contributed by atoms with van der Waals surface area (Å²) in [7, 11) is 0. The Hall–Kier alpha value is -1.79. The van der Waals surface area contributed by atoms with E-state index in [0.29, 0.717) is 41.9 Å². The van der Waals surface area contributed by atoms with Crippen molar-refractivity contribution < 1.29 is 23.8 Å². The van der Waals surface area contributed by atoms with Crippen LogP contribution < -0.4 is 4.74 Å². The highest BCUT2D eigenvalue weighted by atomic mass is 35.5. The maximum atomic E-state index is 12.3. The van der Waals surface area contributed by atoms with Crippen LogP contribution in [-0.4, -0.2) is 43.7 Å². The van der Waals surface area contributed by atoms with Gasteiger partial charge in [0.15, 0.2) is 6.10 Å². The van der Waals surface area contributed by atoms with Crippen LogP contribution in [0.1, 0.15) is 46.1 Å². The van der Waals surface area contributed by atoms with E-state index in [2.05, 4.69) is 12.1 Å². The number of hydrogen-bond donors (Lipinski definition) is 0. The van der Waals surface area contributed by atoms with Gasteiger partial charge in [0, 0.05) is 23.1 Å². The van der Waals surface area contributed by atoms with Gasteiger partial charge in [-0.2, -0.15) is 0 Å². The van der Waals surface area contributed by atoms with Crippen molar-refractivity contribution in [2.45, 2.75) is 52.7 Å². The fourth-order valence-corrected chi connectivity index (χ4v) is 2.83. The van der Waals surface area contributed by atoms with Crippen molar-refractivity contribution in [2.75, 3.05) is 19.8 Å². The third-order valence-corrected chi connectivity index (χ3v) is 4.34. The second-order valence-electron chi connectivity index (χ2n) is 6.66. The molecule has 0 saturated carbocycles. The van der Waals surface area contributed by atoms with Crippen molar-refractivity contribution in [3.05, 3.63) is 28.8 Å². The Morgan fingerprint density at radius 1 is 1.37 bits per heavy atom. The number of esters is 1. The number of benzene rings is 1. The average molecular weight is 398 g/mol. The Morgan fingerprint density at radius 2 is 2.15 bits per heavy atom. The smallest absolute Gasteiger partial charge is 0.347 e. The topological polar surface area (TPSA) is 66.3 Å². The molecule has 1 aromatic carbocycles. The molecule has 0 saturated heterocycles. The molecule has 2 rings (SSSR count). The van der Waals surface area contributed by atoms with Gasteiger partial charge in [-0.3, -0.25) is 0 Å². The van der Waals surface area contributed by atoms with Crippen molar-refractivity contribution in [1.29, 1.82) is 0 Å². The SMILES string of the molecule is CCCCOC1CON=C1c1cc(Cl)ccc1O[C@H](C(=O)OCC)C(C)C. The van der Waals surface area contributed by atoms with E-state index in [0.717, 1.165) is 12.8 Å². The largest absolute Gasteiger partial charge is 0.478 e. The number of oxime groups is 1. The number of unbranched alkanes of at least 4 members (excludes halogenated alkanes) is 1. The number of nitrogens with zero attached hydrogens (tertiary/aromatic N) is 1. The van der Waals surface area contributed by atoms with E-state index in [1.165, 1.54) is 0 Å². The predicted octanol–water partition coefficient (Wildman–Crippen LogP) is 4.23. The predicted molar refractivity (Wildman–Crippen MR) is 104 cm³/mol. The number of ether oxygens (including phenoxy) is 3. The number of hydrogen-bond acceptors (Lipinski definition) is 6. The van der Waals surface area contributed by atoms with Gasteiger partial charge >= 0.3 is 5.97 Å². The van der Waals surface area contributed by atoms with Gasteiger partial charge in [-0.15, -0.1) is 0 Å². The Labute approximate surface area is 165 Å². The summed E-state index contributed by atoms with van der Waals surface area (Å²) in [6, 6.07) is 5.20. The molecule has 1 unspecified atom stereocenters. The molecule has 1 aliphatic heterocycles. The monoisotopic (exact) mass is 397 g/mol. The first-order valence-electron chi connectivity index (χ1n) is 9.42. The minimum absolute atomic E-state index is 0.0639. The van der Waals surface area contributed by atoms with Crippen LogP contribution >= 0.6 is 11.6 Å². The second kappa shape index (κ2) is 10.5. The van der Waals surface area contributed by atoms with Crippen molar-refractivity contribution in [3.8, 4) is 5.75 Å². The summed E-state index contributed by atoms with van der Waals surface area (Å²) in [5, 5.41) is 4.68. The summed E-state index contributed by atoms with van der Waals surface area (Å²) in [6.07, 6.45) is 0.979. The van der Waals surface area contributed by atoms with E-state index < -0.39 is 12.1 Å². The van der Waals surface area contributed by atoms with Crippen molar-refractivity contribution in [2.24, 2.45) is 11.1 Å². The van der Waals surface area contributed by atoms with Crippen LogP contribution in [-0.2, 0) is 19.1 Å². The van der Waals surface area contributed by atoms with Crippen LogP contribution in [0.4, 0.5) is 0 Å². The fraction of sp³-hybridized carbons (Fsp3) is 0.600. The summed E-state index contributed by atoms with van der Waals surface area (Å²) in [5.41, 5.74) is 1.28. The maximum Gasteiger partial charge on any atom is 0.347 e. The molecule has 0 bridgehead atoms. The molecule has 27 heavy (non-hydrogen) atoms. The Bertz CT molecular complexity index is 662. The molecule has 0 fully saturated rings.